The van der Waals surface area contributed by atoms with Crippen LogP contribution in [0.5, 0.6) is 0 Å². The smallest absolute Gasteiger partial charge is 0.178 e. The molecule has 0 unspecified atom stereocenters. The van der Waals surface area contributed by atoms with Crippen molar-refractivity contribution in [3.05, 3.63) is 134 Å². The molecule has 0 aliphatic heterocycles. The van der Waals surface area contributed by atoms with Crippen LogP contribution in [0.15, 0.2) is 147 Å². The number of benzene rings is 7. The minimum absolute atomic E-state index is 0.776. The zero-order chi connectivity index (χ0) is 28.1. The minimum atomic E-state index is 0.776. The van der Waals surface area contributed by atoms with Gasteiger partial charge in [0.15, 0.2) is 11.2 Å². The lowest BCUT2D eigenvalue weighted by Crippen LogP contribution is -1.90. The summed E-state index contributed by atoms with van der Waals surface area (Å²) in [6, 6.07) is 44.7. The van der Waals surface area contributed by atoms with E-state index in [9.17, 15) is 0 Å². The molecule has 0 atom stereocenters. The summed E-state index contributed by atoms with van der Waals surface area (Å²) in [7, 11) is 0. The second-order valence-corrected chi connectivity index (χ2v) is 11.2. The predicted octanol–water partition coefficient (Wildman–Crippen LogP) is 11.9. The molecule has 200 valence electrons. The van der Waals surface area contributed by atoms with Crippen molar-refractivity contribution in [1.82, 2.24) is 0 Å². The summed E-state index contributed by atoms with van der Waals surface area (Å²) < 4.78 is 18.8. The summed E-state index contributed by atoms with van der Waals surface area (Å²) in [4.78, 5) is 0. The topological polar surface area (TPSA) is 39.4 Å². The van der Waals surface area contributed by atoms with Crippen molar-refractivity contribution in [1.29, 1.82) is 0 Å². The van der Waals surface area contributed by atoms with Crippen LogP contribution in [-0.2, 0) is 0 Å². The lowest BCUT2D eigenvalue weighted by atomic mass is 9.85. The molecule has 0 saturated carbocycles. The molecule has 0 N–H and O–H groups in total. The molecule has 10 aromatic rings. The number of rotatable bonds is 2. The fraction of sp³-hybridized carbons (Fsp3) is 0. The van der Waals surface area contributed by atoms with Crippen LogP contribution in [-0.4, -0.2) is 0 Å². The second-order valence-electron chi connectivity index (χ2n) is 11.2. The summed E-state index contributed by atoms with van der Waals surface area (Å²) in [6.07, 6.45) is 1.90. The maximum absolute atomic E-state index is 6.34. The zero-order valence-corrected chi connectivity index (χ0v) is 22.9. The Morgan fingerprint density at radius 2 is 0.884 bits per heavy atom. The summed E-state index contributed by atoms with van der Waals surface area (Å²) in [5, 5.41) is 10.2. The predicted molar refractivity (Wildman–Crippen MR) is 177 cm³/mol. The van der Waals surface area contributed by atoms with Gasteiger partial charge >= 0.3 is 0 Å². The molecule has 3 aromatic heterocycles. The molecule has 0 spiro atoms. The van der Waals surface area contributed by atoms with Crippen LogP contribution in [0.2, 0.25) is 0 Å². The van der Waals surface area contributed by atoms with Gasteiger partial charge in [0.2, 0.25) is 0 Å². The Hall–Kier alpha value is -5.80. The van der Waals surface area contributed by atoms with E-state index in [0.29, 0.717) is 0 Å². The molecule has 0 aliphatic rings. The summed E-state index contributed by atoms with van der Waals surface area (Å²) >= 11 is 0. The third-order valence-corrected chi connectivity index (χ3v) is 8.95. The molecule has 0 bridgehead atoms. The van der Waals surface area contributed by atoms with E-state index in [1.54, 1.807) is 0 Å². The SMILES string of the molecule is c1ccc2c(c1)oc1ccc(-c3c4ccccc4c(-c4coc5c4ccc4c6ccccc6oc45)c4ccccc34)cc12. The van der Waals surface area contributed by atoms with Crippen molar-refractivity contribution in [2.24, 2.45) is 0 Å². The lowest BCUT2D eigenvalue weighted by molar-refractivity contribution is 0.601. The Bertz CT molecular complexity index is 2680. The van der Waals surface area contributed by atoms with Crippen molar-refractivity contribution in [2.45, 2.75) is 0 Å². The van der Waals surface area contributed by atoms with Crippen molar-refractivity contribution in [3.63, 3.8) is 0 Å². The van der Waals surface area contributed by atoms with E-state index >= 15 is 0 Å². The van der Waals surface area contributed by atoms with E-state index < -0.39 is 0 Å². The Balaban J connectivity index is 1.30. The number of furan rings is 3. The van der Waals surface area contributed by atoms with Crippen LogP contribution < -0.4 is 0 Å². The van der Waals surface area contributed by atoms with Crippen molar-refractivity contribution < 1.29 is 13.3 Å². The average Bonchev–Trinajstić information content (AvgIpc) is 3.76. The highest BCUT2D eigenvalue weighted by Gasteiger charge is 2.22. The standard InChI is InChI=1S/C40H22O3/c1-3-13-28-26(11-1)37(23-17-20-36-32(21-23)25-10-6-7-15-34(25)42-36)27-12-2-4-14-29(27)38(28)33-22-41-39-31(33)19-18-30-24-9-5-8-16-35(24)43-40(30)39/h1-22H. The average molecular weight is 551 g/mol. The van der Waals surface area contributed by atoms with Gasteiger partial charge in [0.05, 0.1) is 6.26 Å². The Labute approximate surface area is 245 Å². The van der Waals surface area contributed by atoms with E-state index in [-0.39, 0.29) is 0 Å². The van der Waals surface area contributed by atoms with Gasteiger partial charge in [-0.05, 0) is 69.1 Å². The molecule has 0 aliphatic carbocycles. The van der Waals surface area contributed by atoms with Gasteiger partial charge in [-0.15, -0.1) is 0 Å². The first kappa shape index (κ1) is 22.8. The molecular formula is C40H22O3. The lowest BCUT2D eigenvalue weighted by Gasteiger charge is -2.17. The maximum atomic E-state index is 6.34. The summed E-state index contributed by atoms with van der Waals surface area (Å²) in [6.45, 7) is 0. The number of hydrogen-bond acceptors (Lipinski definition) is 3. The zero-order valence-electron chi connectivity index (χ0n) is 22.9. The van der Waals surface area contributed by atoms with Gasteiger partial charge in [-0.2, -0.15) is 0 Å². The van der Waals surface area contributed by atoms with Gasteiger partial charge in [0, 0.05) is 38.1 Å². The summed E-state index contributed by atoms with van der Waals surface area (Å²) in [5.74, 6) is 0. The van der Waals surface area contributed by atoms with E-state index in [2.05, 4.69) is 97.1 Å². The number of hydrogen-bond donors (Lipinski definition) is 0. The van der Waals surface area contributed by atoms with Crippen LogP contribution in [0.1, 0.15) is 0 Å². The quantitative estimate of drug-likeness (QED) is 0.201. The van der Waals surface area contributed by atoms with Crippen LogP contribution in [0.25, 0.3) is 98.6 Å². The first-order valence-corrected chi connectivity index (χ1v) is 14.5. The molecule has 0 fully saturated rings. The van der Waals surface area contributed by atoms with E-state index in [1.807, 2.05) is 36.6 Å². The molecule has 43 heavy (non-hydrogen) atoms. The number of para-hydroxylation sites is 2. The van der Waals surface area contributed by atoms with E-state index in [1.165, 1.54) is 38.2 Å². The Morgan fingerprint density at radius 3 is 1.58 bits per heavy atom. The molecule has 7 aromatic carbocycles. The normalized spacial score (nSPS) is 12.2. The third kappa shape index (κ3) is 3.08. The first-order valence-electron chi connectivity index (χ1n) is 14.5. The van der Waals surface area contributed by atoms with Crippen LogP contribution in [0, 0.1) is 0 Å². The van der Waals surface area contributed by atoms with Crippen LogP contribution >= 0.6 is 0 Å². The highest BCUT2D eigenvalue weighted by atomic mass is 16.4. The highest BCUT2D eigenvalue weighted by Crippen LogP contribution is 2.47. The molecule has 3 heterocycles. The molecule has 0 amide bonds. The van der Waals surface area contributed by atoms with Gasteiger partial charge < -0.3 is 13.3 Å². The number of fused-ring (bicyclic) bond motifs is 10. The molecule has 3 nitrogen and oxygen atoms in total. The fourth-order valence-electron chi connectivity index (χ4n) is 7.08. The van der Waals surface area contributed by atoms with E-state index in [0.717, 1.165) is 60.4 Å². The maximum Gasteiger partial charge on any atom is 0.178 e. The molecular weight excluding hydrogens is 528 g/mol. The largest absolute Gasteiger partial charge is 0.460 e. The molecule has 0 radical (unpaired) electrons. The van der Waals surface area contributed by atoms with Gasteiger partial charge in [-0.25, -0.2) is 0 Å². The van der Waals surface area contributed by atoms with Gasteiger partial charge in [0.25, 0.3) is 0 Å². The van der Waals surface area contributed by atoms with Gasteiger partial charge in [-0.3, -0.25) is 0 Å². The second kappa shape index (κ2) is 8.37. The summed E-state index contributed by atoms with van der Waals surface area (Å²) in [5.41, 5.74) is 8.85. The minimum Gasteiger partial charge on any atom is -0.460 e. The molecule has 10 rings (SSSR count). The Morgan fingerprint density at radius 1 is 0.349 bits per heavy atom. The van der Waals surface area contributed by atoms with Crippen molar-refractivity contribution >= 4 is 76.4 Å². The van der Waals surface area contributed by atoms with Crippen LogP contribution in [0.4, 0.5) is 0 Å². The fourth-order valence-corrected chi connectivity index (χ4v) is 7.08. The first-order chi connectivity index (χ1) is 21.3. The molecule has 0 saturated heterocycles. The Kier molecular flexibility index (Phi) is 4.45. The molecule has 3 heteroatoms. The van der Waals surface area contributed by atoms with Crippen molar-refractivity contribution in [2.75, 3.05) is 0 Å². The van der Waals surface area contributed by atoms with Gasteiger partial charge in [0.1, 0.15) is 16.7 Å². The van der Waals surface area contributed by atoms with Crippen molar-refractivity contribution in [3.8, 4) is 22.3 Å². The highest BCUT2D eigenvalue weighted by molar-refractivity contribution is 6.25. The third-order valence-electron chi connectivity index (χ3n) is 8.95. The monoisotopic (exact) mass is 550 g/mol. The van der Waals surface area contributed by atoms with E-state index in [4.69, 9.17) is 13.3 Å². The van der Waals surface area contributed by atoms with Crippen LogP contribution in [0.3, 0.4) is 0 Å². The van der Waals surface area contributed by atoms with Gasteiger partial charge in [-0.1, -0.05) is 91.0 Å².